The first kappa shape index (κ1) is 13.2. The molecule has 3 N–H and O–H groups in total. The van der Waals surface area contributed by atoms with Crippen LogP contribution in [0, 0.1) is 0 Å². The average molecular weight is 332 g/mol. The van der Waals surface area contributed by atoms with Gasteiger partial charge in [-0.05, 0) is 18.1 Å². The molecule has 0 amide bonds. The molecule has 3 rings (SSSR count). The number of rotatable bonds is 4. The van der Waals surface area contributed by atoms with Gasteiger partial charge in [0.05, 0.1) is 24.0 Å². The maximum atomic E-state index is 5.73. The fourth-order valence-electron chi connectivity index (χ4n) is 2.26. The van der Waals surface area contributed by atoms with Crippen LogP contribution in [0.15, 0.2) is 53.5 Å². The number of hydrogen-bond acceptors (Lipinski definition) is 4. The second-order valence-electron chi connectivity index (χ2n) is 4.52. The van der Waals surface area contributed by atoms with Crippen molar-refractivity contribution >= 4 is 21.4 Å². The zero-order chi connectivity index (χ0) is 13.9. The second kappa shape index (κ2) is 5.70. The monoisotopic (exact) mass is 331 g/mol. The van der Waals surface area contributed by atoms with Crippen molar-refractivity contribution in [1.82, 2.24) is 20.0 Å². The van der Waals surface area contributed by atoms with Gasteiger partial charge >= 0.3 is 0 Å². The standard InChI is InChI=1S/C14H14BrN5/c15-12-4-2-1-3-10(12)7-13(19-16)11-8-18-20-6-5-17-9-14(11)20/h1-6,8-9,13,19H,7,16H2. The SMILES string of the molecule is NNC(Cc1ccccc1Br)c1cnn2ccncc12. The van der Waals surface area contributed by atoms with Gasteiger partial charge in [-0.2, -0.15) is 5.10 Å². The molecule has 102 valence electrons. The Balaban J connectivity index is 1.96. The van der Waals surface area contributed by atoms with E-state index < -0.39 is 0 Å². The number of aromatic nitrogens is 3. The lowest BCUT2D eigenvalue weighted by Crippen LogP contribution is -2.29. The summed E-state index contributed by atoms with van der Waals surface area (Å²) in [6.07, 6.45) is 7.94. The van der Waals surface area contributed by atoms with E-state index in [0.717, 1.165) is 22.0 Å². The van der Waals surface area contributed by atoms with Gasteiger partial charge in [0, 0.05) is 22.4 Å². The molecule has 1 unspecified atom stereocenters. The van der Waals surface area contributed by atoms with E-state index in [4.69, 9.17) is 5.84 Å². The summed E-state index contributed by atoms with van der Waals surface area (Å²) in [6, 6.07) is 8.11. The van der Waals surface area contributed by atoms with Gasteiger partial charge in [-0.15, -0.1) is 0 Å². The van der Waals surface area contributed by atoms with Gasteiger partial charge in [0.15, 0.2) is 0 Å². The largest absolute Gasteiger partial charge is 0.271 e. The second-order valence-corrected chi connectivity index (χ2v) is 5.38. The van der Waals surface area contributed by atoms with E-state index in [1.54, 1.807) is 16.9 Å². The molecule has 3 aromatic rings. The van der Waals surface area contributed by atoms with Gasteiger partial charge in [-0.1, -0.05) is 34.1 Å². The highest BCUT2D eigenvalue weighted by Crippen LogP contribution is 2.25. The molecule has 0 spiro atoms. The van der Waals surface area contributed by atoms with Crippen LogP contribution in [0.4, 0.5) is 0 Å². The van der Waals surface area contributed by atoms with Crippen LogP contribution in [-0.4, -0.2) is 14.6 Å². The molecular weight excluding hydrogens is 318 g/mol. The highest BCUT2D eigenvalue weighted by Gasteiger charge is 2.16. The van der Waals surface area contributed by atoms with Crippen LogP contribution in [0.3, 0.4) is 0 Å². The Kier molecular flexibility index (Phi) is 3.77. The first-order valence-electron chi connectivity index (χ1n) is 6.26. The molecule has 6 heteroatoms. The Hall–Kier alpha value is -1.76. The fraction of sp³-hybridized carbons (Fsp3) is 0.143. The number of nitrogens with zero attached hydrogens (tertiary/aromatic N) is 3. The van der Waals surface area contributed by atoms with E-state index >= 15 is 0 Å². The van der Waals surface area contributed by atoms with E-state index in [-0.39, 0.29) is 6.04 Å². The zero-order valence-corrected chi connectivity index (χ0v) is 12.3. The molecule has 2 aromatic heterocycles. The number of halogens is 1. The Morgan fingerprint density at radius 3 is 2.95 bits per heavy atom. The lowest BCUT2D eigenvalue weighted by molar-refractivity contribution is 0.554. The quantitative estimate of drug-likeness (QED) is 0.568. The third kappa shape index (κ3) is 2.45. The van der Waals surface area contributed by atoms with E-state index in [1.807, 2.05) is 30.6 Å². The topological polar surface area (TPSA) is 68.2 Å². The lowest BCUT2D eigenvalue weighted by atomic mass is 10.0. The van der Waals surface area contributed by atoms with Crippen molar-refractivity contribution in [3.05, 3.63) is 64.7 Å². The highest BCUT2D eigenvalue weighted by atomic mass is 79.9. The maximum Gasteiger partial charge on any atom is 0.0893 e. The van der Waals surface area contributed by atoms with Gasteiger partial charge in [0.1, 0.15) is 0 Å². The predicted octanol–water partition coefficient (Wildman–Crippen LogP) is 2.24. The van der Waals surface area contributed by atoms with Crippen molar-refractivity contribution < 1.29 is 0 Å². The summed E-state index contributed by atoms with van der Waals surface area (Å²) >= 11 is 3.57. The van der Waals surface area contributed by atoms with Crippen molar-refractivity contribution in [2.75, 3.05) is 0 Å². The summed E-state index contributed by atoms with van der Waals surface area (Å²) in [7, 11) is 0. The number of nitrogens with two attached hydrogens (primary N) is 1. The van der Waals surface area contributed by atoms with Gasteiger partial charge in [0.25, 0.3) is 0 Å². The van der Waals surface area contributed by atoms with Crippen molar-refractivity contribution in [1.29, 1.82) is 0 Å². The summed E-state index contributed by atoms with van der Waals surface area (Å²) in [4.78, 5) is 4.15. The van der Waals surface area contributed by atoms with Crippen LogP contribution in [-0.2, 0) is 6.42 Å². The molecule has 0 saturated heterocycles. The molecule has 1 atom stereocenters. The third-order valence-corrected chi connectivity index (χ3v) is 4.09. The molecular formula is C14H14BrN5. The Morgan fingerprint density at radius 2 is 2.15 bits per heavy atom. The predicted molar refractivity (Wildman–Crippen MR) is 80.9 cm³/mol. The minimum absolute atomic E-state index is 0.0181. The van der Waals surface area contributed by atoms with E-state index in [0.29, 0.717) is 0 Å². The third-order valence-electron chi connectivity index (χ3n) is 3.31. The Bertz CT molecular complexity index is 724. The summed E-state index contributed by atoms with van der Waals surface area (Å²) in [5, 5.41) is 4.32. The number of benzene rings is 1. The molecule has 1 aromatic carbocycles. The van der Waals surface area contributed by atoms with Crippen LogP contribution >= 0.6 is 15.9 Å². The Labute approximate surface area is 124 Å². The highest BCUT2D eigenvalue weighted by molar-refractivity contribution is 9.10. The minimum atomic E-state index is -0.0181. The molecule has 20 heavy (non-hydrogen) atoms. The molecule has 0 aliphatic carbocycles. The van der Waals surface area contributed by atoms with Gasteiger partial charge in [-0.3, -0.25) is 16.3 Å². The van der Waals surface area contributed by atoms with E-state index in [1.165, 1.54) is 5.56 Å². The number of hydrogen-bond donors (Lipinski definition) is 2. The minimum Gasteiger partial charge on any atom is -0.271 e. The van der Waals surface area contributed by atoms with E-state index in [2.05, 4.69) is 37.5 Å². The van der Waals surface area contributed by atoms with Crippen LogP contribution in [0.25, 0.3) is 5.52 Å². The Morgan fingerprint density at radius 1 is 1.30 bits per heavy atom. The number of hydrazine groups is 1. The molecule has 5 nitrogen and oxygen atoms in total. The number of nitrogens with one attached hydrogen (secondary N) is 1. The van der Waals surface area contributed by atoms with Crippen LogP contribution < -0.4 is 11.3 Å². The van der Waals surface area contributed by atoms with Gasteiger partial charge < -0.3 is 0 Å². The molecule has 0 fully saturated rings. The van der Waals surface area contributed by atoms with E-state index in [9.17, 15) is 0 Å². The molecule has 0 aliphatic rings. The van der Waals surface area contributed by atoms with Crippen molar-refractivity contribution in [3.8, 4) is 0 Å². The van der Waals surface area contributed by atoms with Crippen molar-refractivity contribution in [3.63, 3.8) is 0 Å². The summed E-state index contributed by atoms with van der Waals surface area (Å²) in [5.41, 5.74) is 6.06. The fourth-order valence-corrected chi connectivity index (χ4v) is 2.71. The van der Waals surface area contributed by atoms with Crippen molar-refractivity contribution in [2.45, 2.75) is 12.5 Å². The average Bonchev–Trinajstić information content (AvgIpc) is 2.90. The van der Waals surface area contributed by atoms with Crippen LogP contribution in [0.5, 0.6) is 0 Å². The summed E-state index contributed by atoms with van der Waals surface area (Å²) in [6.45, 7) is 0. The van der Waals surface area contributed by atoms with Gasteiger partial charge in [-0.25, -0.2) is 4.52 Å². The summed E-state index contributed by atoms with van der Waals surface area (Å²) < 4.78 is 2.88. The van der Waals surface area contributed by atoms with Crippen LogP contribution in [0.1, 0.15) is 17.2 Å². The molecule has 0 bridgehead atoms. The molecule has 2 heterocycles. The van der Waals surface area contributed by atoms with Gasteiger partial charge in [0.2, 0.25) is 0 Å². The summed E-state index contributed by atoms with van der Waals surface area (Å²) in [5.74, 6) is 5.73. The first-order valence-corrected chi connectivity index (χ1v) is 7.05. The first-order chi connectivity index (χ1) is 9.79. The smallest absolute Gasteiger partial charge is 0.0893 e. The van der Waals surface area contributed by atoms with Crippen LogP contribution in [0.2, 0.25) is 0 Å². The maximum absolute atomic E-state index is 5.73. The normalized spacial score (nSPS) is 12.7. The molecule has 0 aliphatic heterocycles. The van der Waals surface area contributed by atoms with Crippen molar-refractivity contribution in [2.24, 2.45) is 5.84 Å². The zero-order valence-electron chi connectivity index (χ0n) is 10.7. The molecule has 0 saturated carbocycles. The molecule has 0 radical (unpaired) electrons. The number of fused-ring (bicyclic) bond motifs is 1. The lowest BCUT2D eigenvalue weighted by Gasteiger charge is -2.15.